The Bertz CT molecular complexity index is 443. The molecule has 1 aliphatic rings. The molecule has 1 rings (SSSR count). The van der Waals surface area contributed by atoms with E-state index in [0.29, 0.717) is 0 Å². The molecule has 0 nitrogen and oxygen atoms in total. The molecule has 0 amide bonds. The maximum absolute atomic E-state index is 4.15. The maximum Gasteiger partial charge on any atom is 0 e. The molecule has 0 bridgehead atoms. The third-order valence-corrected chi connectivity index (χ3v) is 4.34. The SMILES string of the molecule is C=[C-]/C=C\C(=C)C(=C)/C=C\C(=C)CCC1CCC(C)CC1.[Y]. The van der Waals surface area contributed by atoms with E-state index in [0.717, 1.165) is 29.4 Å². The van der Waals surface area contributed by atoms with Crippen LogP contribution in [0.4, 0.5) is 0 Å². The van der Waals surface area contributed by atoms with Gasteiger partial charge in [-0.3, -0.25) is 6.08 Å². The summed E-state index contributed by atoms with van der Waals surface area (Å²) in [5.74, 6) is 1.83. The molecule has 0 aromatic rings. The monoisotopic (exact) mass is 370 g/mol. The number of allylic oxidation sites excluding steroid dienone is 8. The van der Waals surface area contributed by atoms with Crippen molar-refractivity contribution >= 4 is 0 Å². The van der Waals surface area contributed by atoms with Crippen LogP contribution in [0.1, 0.15) is 45.4 Å². The molecule has 22 heavy (non-hydrogen) atoms. The van der Waals surface area contributed by atoms with Gasteiger partial charge in [0.2, 0.25) is 0 Å². The molecule has 1 aliphatic carbocycles. The molecule has 0 spiro atoms. The molecule has 0 aliphatic heterocycles. The van der Waals surface area contributed by atoms with E-state index in [1.807, 2.05) is 12.2 Å². The van der Waals surface area contributed by atoms with Crippen molar-refractivity contribution in [2.45, 2.75) is 45.4 Å². The van der Waals surface area contributed by atoms with Crippen molar-refractivity contribution in [1.82, 2.24) is 0 Å². The van der Waals surface area contributed by atoms with Crippen molar-refractivity contribution in [3.05, 3.63) is 73.4 Å². The zero-order valence-electron chi connectivity index (χ0n) is 14.1. The smallest absolute Gasteiger partial charge is 0 e. The summed E-state index contributed by atoms with van der Waals surface area (Å²) in [5.41, 5.74) is 2.98. The molecule has 1 radical (unpaired) electrons. The molecule has 0 aromatic heterocycles. The standard InChI is InChI=1S/C21H29.Y/c1-6-7-8-19(4)20(5)13-9-17(2)10-14-21-15-11-18(3)12-16-21;/h7-9,13,18,21H,1-2,4-5,10-12,14-16H2,3H3;/q-1;/b8-7-,13-9-;. The molecule has 0 aromatic carbocycles. The molecule has 1 saturated carbocycles. The molecular weight excluding hydrogens is 341 g/mol. The Kier molecular flexibility index (Phi) is 11.8. The molecule has 0 N–H and O–H groups in total. The first-order chi connectivity index (χ1) is 10.0. The average Bonchev–Trinajstić information content (AvgIpc) is 2.49. The van der Waals surface area contributed by atoms with Gasteiger partial charge in [-0.25, -0.2) is 12.2 Å². The Labute approximate surface area is 162 Å². The summed E-state index contributed by atoms with van der Waals surface area (Å²) in [7, 11) is 0. The van der Waals surface area contributed by atoms with E-state index in [1.54, 1.807) is 6.08 Å². The van der Waals surface area contributed by atoms with Gasteiger partial charge in [-0.05, 0) is 30.3 Å². The third-order valence-electron chi connectivity index (χ3n) is 4.34. The van der Waals surface area contributed by atoms with Crippen molar-refractivity contribution in [1.29, 1.82) is 0 Å². The van der Waals surface area contributed by atoms with E-state index >= 15 is 0 Å². The zero-order chi connectivity index (χ0) is 15.7. The fourth-order valence-electron chi connectivity index (χ4n) is 2.68. The second-order valence-corrected chi connectivity index (χ2v) is 6.24. The summed E-state index contributed by atoms with van der Waals surface area (Å²) in [5, 5.41) is 0. The van der Waals surface area contributed by atoms with Crippen LogP contribution >= 0.6 is 0 Å². The van der Waals surface area contributed by atoms with Crippen LogP contribution in [-0.2, 0) is 32.7 Å². The Balaban J connectivity index is 0.00000441. The quantitative estimate of drug-likeness (QED) is 0.344. The summed E-state index contributed by atoms with van der Waals surface area (Å²) >= 11 is 0. The minimum Gasteiger partial charge on any atom is -0.258 e. The third kappa shape index (κ3) is 8.86. The molecule has 0 heterocycles. The Morgan fingerprint density at radius 3 is 2.18 bits per heavy atom. The first-order valence-electron chi connectivity index (χ1n) is 7.96. The predicted molar refractivity (Wildman–Crippen MR) is 94.9 cm³/mol. The van der Waals surface area contributed by atoms with E-state index in [2.05, 4.69) is 45.4 Å². The minimum atomic E-state index is 0. The van der Waals surface area contributed by atoms with Gasteiger partial charge in [-0.1, -0.05) is 63.5 Å². The second-order valence-electron chi connectivity index (χ2n) is 6.24. The van der Waals surface area contributed by atoms with E-state index in [1.165, 1.54) is 37.7 Å². The van der Waals surface area contributed by atoms with Gasteiger partial charge in [-0.15, -0.1) is 12.2 Å². The van der Waals surface area contributed by atoms with Crippen molar-refractivity contribution in [3.8, 4) is 0 Å². The van der Waals surface area contributed by atoms with Crippen molar-refractivity contribution in [2.75, 3.05) is 0 Å². The Morgan fingerprint density at radius 2 is 1.59 bits per heavy atom. The minimum absolute atomic E-state index is 0. The summed E-state index contributed by atoms with van der Waals surface area (Å²) in [6, 6.07) is 0. The molecule has 117 valence electrons. The van der Waals surface area contributed by atoms with Crippen LogP contribution in [0, 0.1) is 17.9 Å². The summed E-state index contributed by atoms with van der Waals surface area (Å²) < 4.78 is 0. The molecule has 0 atom stereocenters. The van der Waals surface area contributed by atoms with Crippen molar-refractivity contribution < 1.29 is 32.7 Å². The normalized spacial score (nSPS) is 21.5. The first kappa shape index (κ1) is 21.5. The van der Waals surface area contributed by atoms with Gasteiger partial charge in [-0.2, -0.15) is 6.58 Å². The second kappa shape index (κ2) is 12.0. The molecule has 1 heteroatoms. The van der Waals surface area contributed by atoms with Gasteiger partial charge in [0.1, 0.15) is 0 Å². The molecule has 0 saturated heterocycles. The van der Waals surface area contributed by atoms with Gasteiger partial charge in [0.25, 0.3) is 0 Å². The topological polar surface area (TPSA) is 0 Å². The van der Waals surface area contributed by atoms with Crippen LogP contribution in [0.25, 0.3) is 0 Å². The van der Waals surface area contributed by atoms with Gasteiger partial charge in [0.15, 0.2) is 0 Å². The van der Waals surface area contributed by atoms with Crippen LogP contribution in [-0.4, -0.2) is 0 Å². The van der Waals surface area contributed by atoms with Gasteiger partial charge in [0, 0.05) is 32.7 Å². The largest absolute Gasteiger partial charge is 0.258 e. The Morgan fingerprint density at radius 1 is 1.00 bits per heavy atom. The predicted octanol–water partition coefficient (Wildman–Crippen LogP) is 6.36. The number of hydrogen-bond acceptors (Lipinski definition) is 0. The maximum atomic E-state index is 4.15. The molecular formula is C21H29Y-. The average molecular weight is 370 g/mol. The van der Waals surface area contributed by atoms with E-state index in [4.69, 9.17) is 0 Å². The summed E-state index contributed by atoms with van der Waals surface area (Å²) in [4.78, 5) is 0. The molecule has 1 fully saturated rings. The molecule has 0 unspecified atom stereocenters. The van der Waals surface area contributed by atoms with Crippen molar-refractivity contribution in [2.24, 2.45) is 11.8 Å². The van der Waals surface area contributed by atoms with E-state index in [-0.39, 0.29) is 32.7 Å². The number of rotatable bonds is 8. The fourth-order valence-corrected chi connectivity index (χ4v) is 2.68. The van der Waals surface area contributed by atoms with Crippen LogP contribution in [0.15, 0.2) is 67.3 Å². The van der Waals surface area contributed by atoms with E-state index in [9.17, 15) is 0 Å². The van der Waals surface area contributed by atoms with Crippen LogP contribution < -0.4 is 0 Å². The Hall–Kier alpha value is -0.456. The number of hydrogen-bond donors (Lipinski definition) is 0. The van der Waals surface area contributed by atoms with Gasteiger partial charge in [0.05, 0.1) is 0 Å². The van der Waals surface area contributed by atoms with Crippen LogP contribution in [0.3, 0.4) is 0 Å². The summed E-state index contributed by atoms with van der Waals surface area (Å²) in [6.45, 7) is 18.0. The van der Waals surface area contributed by atoms with E-state index < -0.39 is 0 Å². The fraction of sp³-hybridized carbons (Fsp3) is 0.429. The first-order valence-corrected chi connectivity index (χ1v) is 7.96. The van der Waals surface area contributed by atoms with Crippen LogP contribution in [0.5, 0.6) is 0 Å². The van der Waals surface area contributed by atoms with Crippen molar-refractivity contribution in [3.63, 3.8) is 0 Å². The van der Waals surface area contributed by atoms with Crippen LogP contribution in [0.2, 0.25) is 0 Å². The van der Waals surface area contributed by atoms with Gasteiger partial charge < -0.3 is 0 Å². The zero-order valence-corrected chi connectivity index (χ0v) is 17.0. The van der Waals surface area contributed by atoms with Gasteiger partial charge >= 0.3 is 0 Å². The summed E-state index contributed by atoms with van der Waals surface area (Å²) in [6.07, 6.45) is 18.3.